The van der Waals surface area contributed by atoms with Gasteiger partial charge in [-0.15, -0.1) is 0 Å². The summed E-state index contributed by atoms with van der Waals surface area (Å²) >= 11 is 6.47. The van der Waals surface area contributed by atoms with Crippen LogP contribution in [0, 0.1) is 0 Å². The average Bonchev–Trinajstić information content (AvgIpc) is 3.21. The monoisotopic (exact) mass is 565 g/mol. The van der Waals surface area contributed by atoms with Gasteiger partial charge in [-0.3, -0.25) is 9.59 Å². The van der Waals surface area contributed by atoms with Crippen LogP contribution in [0.5, 0.6) is 5.75 Å². The average molecular weight is 566 g/mol. The SMILES string of the molecule is COc1cccc([C@@H](CO)NC(=O)CN2C(=O)c3cc(-c4nc(NC5CCOCC5)ncc4Cl)ccc3[C@H]2C)c1. The highest BCUT2D eigenvalue weighted by Crippen LogP contribution is 2.37. The number of hydrogen-bond acceptors (Lipinski definition) is 8. The lowest BCUT2D eigenvalue weighted by Gasteiger charge is -2.23. The van der Waals surface area contributed by atoms with Crippen molar-refractivity contribution in [2.45, 2.75) is 37.9 Å². The van der Waals surface area contributed by atoms with E-state index in [4.69, 9.17) is 21.1 Å². The van der Waals surface area contributed by atoms with Crippen LogP contribution < -0.4 is 15.4 Å². The van der Waals surface area contributed by atoms with Crippen LogP contribution in [0.2, 0.25) is 5.02 Å². The van der Waals surface area contributed by atoms with Crippen LogP contribution >= 0.6 is 11.6 Å². The van der Waals surface area contributed by atoms with Gasteiger partial charge in [0.2, 0.25) is 11.9 Å². The Morgan fingerprint density at radius 1 is 1.25 bits per heavy atom. The van der Waals surface area contributed by atoms with Gasteiger partial charge in [-0.05, 0) is 49.1 Å². The predicted octanol–water partition coefficient (Wildman–Crippen LogP) is 3.76. The molecule has 0 saturated carbocycles. The van der Waals surface area contributed by atoms with E-state index in [0.717, 1.165) is 18.4 Å². The zero-order chi connectivity index (χ0) is 28.2. The molecule has 0 unspecified atom stereocenters. The summed E-state index contributed by atoms with van der Waals surface area (Å²) in [4.78, 5) is 36.9. The van der Waals surface area contributed by atoms with Crippen LogP contribution in [-0.2, 0) is 9.53 Å². The molecule has 0 spiro atoms. The molecule has 2 atom stereocenters. The third kappa shape index (κ3) is 5.89. The number of carbonyl (C=O) groups is 2. The van der Waals surface area contributed by atoms with E-state index in [1.54, 1.807) is 43.6 Å². The van der Waals surface area contributed by atoms with Gasteiger partial charge in [-0.1, -0.05) is 35.9 Å². The standard InChI is InChI=1S/C29H32ClN5O5/c1-17-22-7-6-19(27-24(30)14-31-29(34-27)32-20-8-10-40-11-9-20)13-23(22)28(38)35(17)15-26(37)33-25(16-36)18-4-3-5-21(12-18)39-2/h3-7,12-14,17,20,25,36H,8-11,15-16H2,1-2H3,(H,33,37)(H,31,32,34)/t17-,25-/m1/s1. The molecule has 5 rings (SSSR count). The van der Waals surface area contributed by atoms with E-state index >= 15 is 0 Å². The summed E-state index contributed by atoms with van der Waals surface area (Å²) in [6, 6.07) is 11.9. The van der Waals surface area contributed by atoms with Crippen LogP contribution in [0.25, 0.3) is 11.3 Å². The zero-order valence-corrected chi connectivity index (χ0v) is 23.1. The Balaban J connectivity index is 1.30. The van der Waals surface area contributed by atoms with Gasteiger partial charge in [0.05, 0.1) is 42.7 Å². The van der Waals surface area contributed by atoms with Gasteiger partial charge in [-0.25, -0.2) is 9.97 Å². The minimum atomic E-state index is -0.631. The highest BCUT2D eigenvalue weighted by molar-refractivity contribution is 6.33. The number of halogens is 1. The number of benzene rings is 2. The molecular formula is C29H32ClN5O5. The van der Waals surface area contributed by atoms with Gasteiger partial charge < -0.3 is 30.1 Å². The molecule has 40 heavy (non-hydrogen) atoms. The Morgan fingerprint density at radius 3 is 2.80 bits per heavy atom. The largest absolute Gasteiger partial charge is 0.497 e. The molecule has 210 valence electrons. The summed E-state index contributed by atoms with van der Waals surface area (Å²) in [5, 5.41) is 16.5. The smallest absolute Gasteiger partial charge is 0.255 e. The first-order chi connectivity index (χ1) is 19.4. The Bertz CT molecular complexity index is 1400. The number of fused-ring (bicyclic) bond motifs is 1. The van der Waals surface area contributed by atoms with Crippen molar-refractivity contribution >= 4 is 29.4 Å². The van der Waals surface area contributed by atoms with E-state index < -0.39 is 6.04 Å². The number of nitrogens with one attached hydrogen (secondary N) is 2. The Hall–Kier alpha value is -3.73. The summed E-state index contributed by atoms with van der Waals surface area (Å²) in [6.07, 6.45) is 3.29. The molecule has 0 radical (unpaired) electrons. The van der Waals surface area contributed by atoms with Crippen LogP contribution in [0.15, 0.2) is 48.7 Å². The van der Waals surface area contributed by atoms with E-state index in [1.165, 1.54) is 4.90 Å². The molecule has 2 aliphatic rings. The molecule has 1 fully saturated rings. The maximum Gasteiger partial charge on any atom is 0.255 e. The maximum absolute atomic E-state index is 13.4. The lowest BCUT2D eigenvalue weighted by atomic mass is 10.0. The Kier molecular flexibility index (Phi) is 8.49. The third-order valence-corrected chi connectivity index (χ3v) is 7.64. The van der Waals surface area contributed by atoms with E-state index in [-0.39, 0.29) is 37.0 Å². The number of methoxy groups -OCH3 is 1. The topological polar surface area (TPSA) is 126 Å². The second kappa shape index (κ2) is 12.2. The fourth-order valence-electron chi connectivity index (χ4n) is 5.11. The molecule has 3 heterocycles. The van der Waals surface area contributed by atoms with Gasteiger partial charge in [0.25, 0.3) is 5.91 Å². The number of aromatic nitrogens is 2. The van der Waals surface area contributed by atoms with Crippen molar-refractivity contribution in [2.24, 2.45) is 0 Å². The van der Waals surface area contributed by atoms with Crippen LogP contribution in [-0.4, -0.2) is 71.3 Å². The molecule has 10 nitrogen and oxygen atoms in total. The van der Waals surface area contributed by atoms with Crippen molar-refractivity contribution in [3.05, 3.63) is 70.4 Å². The molecular weight excluding hydrogens is 534 g/mol. The van der Waals surface area contributed by atoms with Crippen molar-refractivity contribution in [1.82, 2.24) is 20.2 Å². The number of carbonyl (C=O) groups excluding carboxylic acids is 2. The van der Waals surface area contributed by atoms with E-state index in [1.807, 2.05) is 19.1 Å². The van der Waals surface area contributed by atoms with Crippen molar-refractivity contribution in [3.8, 4) is 17.0 Å². The van der Waals surface area contributed by atoms with Crippen molar-refractivity contribution in [1.29, 1.82) is 0 Å². The Labute approximate surface area is 237 Å². The van der Waals surface area contributed by atoms with Gasteiger partial charge >= 0.3 is 0 Å². The third-order valence-electron chi connectivity index (χ3n) is 7.36. The van der Waals surface area contributed by atoms with E-state index in [0.29, 0.717) is 52.3 Å². The van der Waals surface area contributed by atoms with Crippen molar-refractivity contribution < 1.29 is 24.2 Å². The number of hydrogen-bond donors (Lipinski definition) is 3. The lowest BCUT2D eigenvalue weighted by Crippen LogP contribution is -2.41. The first-order valence-corrected chi connectivity index (χ1v) is 13.6. The molecule has 2 aromatic carbocycles. The molecule has 2 aliphatic heterocycles. The normalized spacial score (nSPS) is 17.9. The molecule has 11 heteroatoms. The number of aliphatic hydroxyl groups is 1. The number of rotatable bonds is 9. The number of aliphatic hydroxyl groups excluding tert-OH is 1. The molecule has 1 aromatic heterocycles. The number of ether oxygens (including phenoxy) is 2. The minimum absolute atomic E-state index is 0.155. The Morgan fingerprint density at radius 2 is 2.05 bits per heavy atom. The number of anilines is 1. The van der Waals surface area contributed by atoms with E-state index in [2.05, 4.69) is 20.6 Å². The second-order valence-corrected chi connectivity index (χ2v) is 10.3. The molecule has 3 N–H and O–H groups in total. The molecule has 1 saturated heterocycles. The highest BCUT2D eigenvalue weighted by atomic mass is 35.5. The van der Waals surface area contributed by atoms with Crippen molar-refractivity contribution in [2.75, 3.05) is 38.8 Å². The molecule has 0 bridgehead atoms. The number of amides is 2. The van der Waals surface area contributed by atoms with Crippen LogP contribution in [0.4, 0.5) is 5.95 Å². The second-order valence-electron chi connectivity index (χ2n) is 9.91. The van der Waals surface area contributed by atoms with Gasteiger partial charge in [-0.2, -0.15) is 0 Å². The predicted molar refractivity (Wildman–Crippen MR) is 150 cm³/mol. The zero-order valence-electron chi connectivity index (χ0n) is 22.4. The summed E-state index contributed by atoms with van der Waals surface area (Å²) in [5.74, 6) is 0.458. The highest BCUT2D eigenvalue weighted by Gasteiger charge is 2.35. The summed E-state index contributed by atoms with van der Waals surface area (Å²) in [7, 11) is 1.55. The summed E-state index contributed by atoms with van der Waals surface area (Å²) in [5.41, 5.74) is 3.23. The van der Waals surface area contributed by atoms with Gasteiger partial charge in [0.1, 0.15) is 12.3 Å². The minimum Gasteiger partial charge on any atom is -0.497 e. The molecule has 3 aromatic rings. The van der Waals surface area contributed by atoms with Gasteiger partial charge in [0.15, 0.2) is 0 Å². The van der Waals surface area contributed by atoms with Crippen LogP contribution in [0.3, 0.4) is 0 Å². The van der Waals surface area contributed by atoms with Crippen molar-refractivity contribution in [3.63, 3.8) is 0 Å². The van der Waals surface area contributed by atoms with Gasteiger partial charge in [0, 0.05) is 30.4 Å². The van der Waals surface area contributed by atoms with Crippen LogP contribution in [0.1, 0.15) is 53.3 Å². The first-order valence-electron chi connectivity index (χ1n) is 13.2. The van der Waals surface area contributed by atoms with E-state index in [9.17, 15) is 14.7 Å². The molecule has 0 aliphatic carbocycles. The fraction of sp³-hybridized carbons (Fsp3) is 0.379. The molecule has 2 amide bonds. The quantitative estimate of drug-likeness (QED) is 0.358. The number of nitrogens with zero attached hydrogens (tertiary/aromatic N) is 3. The maximum atomic E-state index is 13.4. The lowest BCUT2D eigenvalue weighted by molar-refractivity contribution is -0.123. The fourth-order valence-corrected chi connectivity index (χ4v) is 5.31. The summed E-state index contributed by atoms with van der Waals surface area (Å²) < 4.78 is 10.7. The first kappa shape index (κ1) is 27.8. The summed E-state index contributed by atoms with van der Waals surface area (Å²) in [6.45, 7) is 2.82.